The van der Waals surface area contributed by atoms with Crippen molar-refractivity contribution in [3.8, 4) is 0 Å². The number of amidine groups is 1. The molecule has 0 atom stereocenters. The van der Waals surface area contributed by atoms with Crippen LogP contribution in [0.15, 0.2) is 53.5 Å². The van der Waals surface area contributed by atoms with Crippen molar-refractivity contribution in [2.45, 2.75) is 25.8 Å². The van der Waals surface area contributed by atoms with Crippen LogP contribution in [0.4, 0.5) is 5.69 Å². The van der Waals surface area contributed by atoms with Crippen LogP contribution >= 0.6 is 11.6 Å². The van der Waals surface area contributed by atoms with Crippen LogP contribution in [0.2, 0.25) is 5.02 Å². The van der Waals surface area contributed by atoms with Gasteiger partial charge in [0.05, 0.1) is 13.2 Å². The second-order valence-electron chi connectivity index (χ2n) is 7.87. The number of halogens is 1. The number of benzene rings is 2. The average Bonchev–Trinajstić information content (AvgIpc) is 2.72. The third-order valence-electron chi connectivity index (χ3n) is 6.04. The molecule has 0 amide bonds. The quantitative estimate of drug-likeness (QED) is 0.798. The third kappa shape index (κ3) is 4.24. The lowest BCUT2D eigenvalue weighted by molar-refractivity contribution is 0.105. The van der Waals surface area contributed by atoms with Gasteiger partial charge in [0.1, 0.15) is 5.84 Å². The van der Waals surface area contributed by atoms with Gasteiger partial charge in [0.25, 0.3) is 0 Å². The number of methoxy groups -OCH3 is 1. The maximum Gasteiger partial charge on any atom is 0.108 e. The van der Waals surface area contributed by atoms with Gasteiger partial charge in [-0.2, -0.15) is 0 Å². The molecule has 0 unspecified atom stereocenters. The summed E-state index contributed by atoms with van der Waals surface area (Å²) in [6.45, 7) is 4.63. The van der Waals surface area contributed by atoms with Crippen molar-refractivity contribution in [1.82, 2.24) is 4.90 Å². The van der Waals surface area contributed by atoms with Gasteiger partial charge < -0.3 is 15.0 Å². The molecule has 2 aromatic carbocycles. The number of para-hydroxylation sites is 1. The Bertz CT molecular complexity index is 843. The summed E-state index contributed by atoms with van der Waals surface area (Å²) >= 11 is 6.15. The van der Waals surface area contributed by atoms with Gasteiger partial charge in [-0.05, 0) is 61.7 Å². The van der Waals surface area contributed by atoms with Crippen molar-refractivity contribution < 1.29 is 4.74 Å². The second kappa shape index (κ2) is 8.64. The molecule has 2 aliphatic heterocycles. The molecule has 2 heterocycles. The lowest BCUT2D eigenvalue weighted by atomic mass is 9.70. The molecule has 4 rings (SSSR count). The molecular formula is C23H28ClN3O. The van der Waals surface area contributed by atoms with Gasteiger partial charge in [-0.15, -0.1) is 0 Å². The first-order chi connectivity index (χ1) is 13.7. The van der Waals surface area contributed by atoms with E-state index in [1.807, 2.05) is 18.2 Å². The zero-order chi connectivity index (χ0) is 19.4. The van der Waals surface area contributed by atoms with Gasteiger partial charge in [0, 0.05) is 29.8 Å². The molecule has 1 N–H and O–H groups in total. The van der Waals surface area contributed by atoms with Gasteiger partial charge in [-0.3, -0.25) is 4.99 Å². The van der Waals surface area contributed by atoms with Crippen LogP contribution in [0.1, 0.15) is 24.0 Å². The number of aliphatic imine (C=N–C) groups is 1. The molecule has 0 aromatic heterocycles. The van der Waals surface area contributed by atoms with Crippen LogP contribution in [0.3, 0.4) is 0 Å². The lowest BCUT2D eigenvalue weighted by Gasteiger charge is -2.45. The predicted molar refractivity (Wildman–Crippen MR) is 116 cm³/mol. The Balaban J connectivity index is 1.57. The molecule has 1 saturated heterocycles. The molecule has 5 heteroatoms. The maximum atomic E-state index is 6.15. The van der Waals surface area contributed by atoms with E-state index in [9.17, 15) is 0 Å². The fourth-order valence-electron chi connectivity index (χ4n) is 4.36. The van der Waals surface area contributed by atoms with Gasteiger partial charge in [-0.25, -0.2) is 0 Å². The highest BCUT2D eigenvalue weighted by molar-refractivity contribution is 6.30. The van der Waals surface area contributed by atoms with Gasteiger partial charge in [0.2, 0.25) is 0 Å². The van der Waals surface area contributed by atoms with Crippen LogP contribution in [-0.4, -0.2) is 44.1 Å². The topological polar surface area (TPSA) is 36.9 Å². The Hall–Kier alpha value is -1.88. The van der Waals surface area contributed by atoms with Gasteiger partial charge in [0.15, 0.2) is 0 Å². The molecular weight excluding hydrogens is 370 g/mol. The highest BCUT2D eigenvalue weighted by Crippen LogP contribution is 2.42. The SMILES string of the molecule is COCCN1CCC2(CC1)Cc1ccccc1NC2=NCc1cccc(Cl)c1. The molecule has 28 heavy (non-hydrogen) atoms. The molecule has 0 radical (unpaired) electrons. The molecule has 148 valence electrons. The molecule has 1 fully saturated rings. The minimum atomic E-state index is 0.0938. The number of nitrogens with zero attached hydrogens (tertiary/aromatic N) is 2. The molecule has 0 aliphatic carbocycles. The van der Waals surface area contributed by atoms with E-state index >= 15 is 0 Å². The third-order valence-corrected chi connectivity index (χ3v) is 6.27. The zero-order valence-electron chi connectivity index (χ0n) is 16.5. The van der Waals surface area contributed by atoms with E-state index in [-0.39, 0.29) is 5.41 Å². The second-order valence-corrected chi connectivity index (χ2v) is 8.30. The summed E-state index contributed by atoms with van der Waals surface area (Å²) in [5.74, 6) is 1.14. The normalized spacial score (nSPS) is 20.1. The van der Waals surface area contributed by atoms with E-state index in [0.717, 1.165) is 61.9 Å². The smallest absolute Gasteiger partial charge is 0.108 e. The van der Waals surface area contributed by atoms with Crippen molar-refractivity contribution in [2.75, 3.05) is 38.7 Å². The largest absolute Gasteiger partial charge is 0.383 e. The number of fused-ring (bicyclic) bond motifs is 1. The minimum Gasteiger partial charge on any atom is -0.383 e. The van der Waals surface area contributed by atoms with E-state index in [1.54, 1.807) is 7.11 Å². The number of likely N-dealkylation sites (tertiary alicyclic amines) is 1. The predicted octanol–water partition coefficient (Wildman–Crippen LogP) is 4.64. The summed E-state index contributed by atoms with van der Waals surface area (Å²) in [4.78, 5) is 7.57. The number of rotatable bonds is 5. The van der Waals surface area contributed by atoms with Crippen LogP contribution in [0.5, 0.6) is 0 Å². The van der Waals surface area contributed by atoms with Gasteiger partial charge >= 0.3 is 0 Å². The number of nitrogens with one attached hydrogen (secondary N) is 1. The first-order valence-corrected chi connectivity index (χ1v) is 10.4. The fourth-order valence-corrected chi connectivity index (χ4v) is 4.57. The van der Waals surface area contributed by atoms with Crippen LogP contribution in [0, 0.1) is 5.41 Å². The molecule has 2 aliphatic rings. The first kappa shape index (κ1) is 19.4. The average molecular weight is 398 g/mol. The maximum absolute atomic E-state index is 6.15. The van der Waals surface area contributed by atoms with Gasteiger partial charge in [-0.1, -0.05) is 41.9 Å². The summed E-state index contributed by atoms with van der Waals surface area (Å²) in [5, 5.41) is 4.44. The monoisotopic (exact) mass is 397 g/mol. The fraction of sp³-hybridized carbons (Fsp3) is 0.435. The molecule has 1 spiro atoms. The van der Waals surface area contributed by atoms with Crippen molar-refractivity contribution in [1.29, 1.82) is 0 Å². The minimum absolute atomic E-state index is 0.0938. The van der Waals surface area contributed by atoms with Crippen molar-refractivity contribution in [3.63, 3.8) is 0 Å². The summed E-state index contributed by atoms with van der Waals surface area (Å²) in [7, 11) is 1.77. The number of hydrogen-bond acceptors (Lipinski definition) is 3. The highest BCUT2D eigenvalue weighted by Gasteiger charge is 2.42. The number of piperidine rings is 1. The number of anilines is 1. The molecule has 0 bridgehead atoms. The Morgan fingerprint density at radius 3 is 2.75 bits per heavy atom. The first-order valence-electron chi connectivity index (χ1n) is 10.0. The standard InChI is InChI=1S/C23H28ClN3O/c1-28-14-13-27-11-9-23(10-12-27)16-19-6-2-3-8-21(19)26-22(23)25-17-18-5-4-7-20(24)15-18/h2-8,15H,9-14,16-17H2,1H3,(H,25,26). The Morgan fingerprint density at radius 1 is 1.14 bits per heavy atom. The number of ether oxygens (including phenoxy) is 1. The van der Waals surface area contributed by atoms with Crippen LogP contribution in [0.25, 0.3) is 0 Å². The summed E-state index contributed by atoms with van der Waals surface area (Å²) in [5.41, 5.74) is 3.83. The van der Waals surface area contributed by atoms with E-state index in [1.165, 1.54) is 11.3 Å². The van der Waals surface area contributed by atoms with Crippen LogP contribution < -0.4 is 5.32 Å². The summed E-state index contributed by atoms with van der Waals surface area (Å²) in [6.07, 6.45) is 3.29. The Kier molecular flexibility index (Phi) is 6.00. The Labute approximate surface area is 172 Å². The van der Waals surface area contributed by atoms with E-state index in [4.69, 9.17) is 21.3 Å². The number of hydrogen-bond donors (Lipinski definition) is 1. The van der Waals surface area contributed by atoms with Crippen LogP contribution in [-0.2, 0) is 17.7 Å². The zero-order valence-corrected chi connectivity index (χ0v) is 17.2. The highest BCUT2D eigenvalue weighted by atomic mass is 35.5. The molecule has 2 aromatic rings. The Morgan fingerprint density at radius 2 is 1.96 bits per heavy atom. The van der Waals surface area contributed by atoms with E-state index < -0.39 is 0 Å². The van der Waals surface area contributed by atoms with Crippen molar-refractivity contribution in [3.05, 3.63) is 64.7 Å². The van der Waals surface area contributed by atoms with Crippen molar-refractivity contribution >= 4 is 23.1 Å². The summed E-state index contributed by atoms with van der Waals surface area (Å²) in [6, 6.07) is 16.6. The van der Waals surface area contributed by atoms with Crippen molar-refractivity contribution in [2.24, 2.45) is 10.4 Å². The molecule has 4 nitrogen and oxygen atoms in total. The lowest BCUT2D eigenvalue weighted by Crippen LogP contribution is -2.50. The summed E-state index contributed by atoms with van der Waals surface area (Å²) < 4.78 is 5.26. The molecule has 0 saturated carbocycles. The van der Waals surface area contributed by atoms with E-state index in [0.29, 0.717) is 6.54 Å². The van der Waals surface area contributed by atoms with E-state index in [2.05, 4.69) is 40.5 Å².